The van der Waals surface area contributed by atoms with E-state index in [1.165, 1.54) is 0 Å². The van der Waals surface area contributed by atoms with Gasteiger partial charge in [-0.1, -0.05) is 0 Å². The summed E-state index contributed by atoms with van der Waals surface area (Å²) >= 11 is 5.64. The lowest BCUT2D eigenvalue weighted by Crippen LogP contribution is -1.77. The molecule has 82 valence electrons. The fourth-order valence-electron chi connectivity index (χ4n) is 1.10. The molecule has 0 bridgehead atoms. The Morgan fingerprint density at radius 3 is 2.40 bits per heavy atom. The highest BCUT2D eigenvalue weighted by atomic mass is 35.5. The maximum absolute atomic E-state index is 5.64. The van der Waals surface area contributed by atoms with Gasteiger partial charge in [0.2, 0.25) is 0 Å². The van der Waals surface area contributed by atoms with Gasteiger partial charge in [-0.3, -0.25) is 10.1 Å². The molecule has 3 nitrogen and oxygen atoms in total. The van der Waals surface area contributed by atoms with Crippen molar-refractivity contribution in [2.75, 3.05) is 0 Å². The standard InChI is InChI=1S/C9H8ClN3.2ClH/c10-6-8-5-9(13-12-8)7-1-3-11-4-2-7;;/h1-5H,6H2,(H,12,13);2*1H. The van der Waals surface area contributed by atoms with E-state index in [0.717, 1.165) is 17.0 Å². The van der Waals surface area contributed by atoms with Gasteiger partial charge in [-0.2, -0.15) is 5.10 Å². The number of halogens is 3. The molecule has 2 heterocycles. The van der Waals surface area contributed by atoms with Crippen LogP contribution in [0.15, 0.2) is 30.6 Å². The monoisotopic (exact) mass is 265 g/mol. The second-order valence-electron chi connectivity index (χ2n) is 2.65. The van der Waals surface area contributed by atoms with Crippen molar-refractivity contribution >= 4 is 36.4 Å². The highest BCUT2D eigenvalue weighted by Gasteiger charge is 2.01. The molecule has 0 aliphatic rings. The van der Waals surface area contributed by atoms with E-state index in [4.69, 9.17) is 11.6 Å². The molecule has 0 fully saturated rings. The molecule has 2 aromatic heterocycles. The van der Waals surface area contributed by atoms with E-state index in [2.05, 4.69) is 15.2 Å². The molecule has 1 N–H and O–H groups in total. The van der Waals surface area contributed by atoms with Crippen LogP contribution in [0.2, 0.25) is 0 Å². The second kappa shape index (κ2) is 6.67. The maximum atomic E-state index is 5.64. The predicted molar refractivity (Wildman–Crippen MR) is 65.9 cm³/mol. The van der Waals surface area contributed by atoms with E-state index in [-0.39, 0.29) is 24.8 Å². The van der Waals surface area contributed by atoms with Crippen LogP contribution in [0, 0.1) is 0 Å². The van der Waals surface area contributed by atoms with E-state index < -0.39 is 0 Å². The highest BCUT2D eigenvalue weighted by molar-refractivity contribution is 6.16. The second-order valence-corrected chi connectivity index (χ2v) is 2.92. The lowest BCUT2D eigenvalue weighted by atomic mass is 10.2. The van der Waals surface area contributed by atoms with Crippen LogP contribution < -0.4 is 0 Å². The SMILES string of the molecule is Cl.Cl.ClCc1cc(-c2ccncc2)n[nH]1. The van der Waals surface area contributed by atoms with E-state index in [0.29, 0.717) is 5.88 Å². The lowest BCUT2D eigenvalue weighted by Gasteiger charge is -1.91. The predicted octanol–water partition coefficient (Wildman–Crippen LogP) is 3.05. The summed E-state index contributed by atoms with van der Waals surface area (Å²) in [6, 6.07) is 5.75. The Hall–Kier alpha value is -0.770. The van der Waals surface area contributed by atoms with Gasteiger partial charge in [-0.15, -0.1) is 36.4 Å². The Kier molecular flexibility index (Phi) is 6.32. The normalized spacial score (nSPS) is 8.87. The van der Waals surface area contributed by atoms with Crippen LogP contribution in [0.1, 0.15) is 5.69 Å². The first-order valence-corrected chi connectivity index (χ1v) is 4.44. The molecule has 0 unspecified atom stereocenters. The van der Waals surface area contributed by atoms with Gasteiger partial charge in [-0.05, 0) is 18.2 Å². The van der Waals surface area contributed by atoms with Gasteiger partial charge in [0, 0.05) is 18.0 Å². The molecule has 2 aromatic rings. The van der Waals surface area contributed by atoms with Crippen LogP contribution in [0.4, 0.5) is 0 Å². The fraction of sp³-hybridized carbons (Fsp3) is 0.111. The summed E-state index contributed by atoms with van der Waals surface area (Å²) in [4.78, 5) is 3.93. The quantitative estimate of drug-likeness (QED) is 0.849. The van der Waals surface area contributed by atoms with Crippen molar-refractivity contribution in [2.24, 2.45) is 0 Å². The Balaban J connectivity index is 0.000000980. The summed E-state index contributed by atoms with van der Waals surface area (Å²) in [5.41, 5.74) is 2.87. The Morgan fingerprint density at radius 1 is 1.20 bits per heavy atom. The van der Waals surface area contributed by atoms with E-state index in [1.54, 1.807) is 12.4 Å². The van der Waals surface area contributed by atoms with Gasteiger partial charge in [-0.25, -0.2) is 0 Å². The molecule has 0 saturated carbocycles. The van der Waals surface area contributed by atoms with Gasteiger partial charge in [0.1, 0.15) is 0 Å². The Labute approximate surface area is 105 Å². The number of pyridine rings is 1. The summed E-state index contributed by atoms with van der Waals surface area (Å²) in [6.45, 7) is 0. The van der Waals surface area contributed by atoms with E-state index >= 15 is 0 Å². The topological polar surface area (TPSA) is 41.6 Å². The van der Waals surface area contributed by atoms with E-state index in [1.807, 2.05) is 18.2 Å². The average Bonchev–Trinajstić information content (AvgIpc) is 2.67. The molecule has 0 aromatic carbocycles. The van der Waals surface area contributed by atoms with Crippen molar-refractivity contribution in [1.29, 1.82) is 0 Å². The molecular weight excluding hydrogens is 256 g/mol. The molecule has 0 aliphatic heterocycles. The first-order valence-electron chi connectivity index (χ1n) is 3.91. The largest absolute Gasteiger partial charge is 0.281 e. The number of alkyl halides is 1. The third kappa shape index (κ3) is 3.38. The first-order chi connectivity index (χ1) is 6.40. The molecule has 0 saturated heterocycles. The third-order valence-corrected chi connectivity index (χ3v) is 2.04. The maximum Gasteiger partial charge on any atom is 0.0925 e. The minimum atomic E-state index is 0. The van der Waals surface area contributed by atoms with E-state index in [9.17, 15) is 0 Å². The van der Waals surface area contributed by atoms with Gasteiger partial charge >= 0.3 is 0 Å². The van der Waals surface area contributed by atoms with Crippen LogP contribution in [0.25, 0.3) is 11.3 Å². The van der Waals surface area contributed by atoms with Gasteiger partial charge in [0.25, 0.3) is 0 Å². The summed E-state index contributed by atoms with van der Waals surface area (Å²) in [7, 11) is 0. The van der Waals surface area contributed by atoms with Crippen LogP contribution in [0.3, 0.4) is 0 Å². The van der Waals surface area contributed by atoms with Crippen LogP contribution in [0.5, 0.6) is 0 Å². The molecule has 0 radical (unpaired) electrons. The van der Waals surface area contributed by atoms with Crippen molar-refractivity contribution < 1.29 is 0 Å². The number of nitrogens with one attached hydrogen (secondary N) is 1. The van der Waals surface area contributed by atoms with Gasteiger partial charge in [0.05, 0.1) is 17.3 Å². The molecule has 0 spiro atoms. The zero-order valence-corrected chi connectivity index (χ0v) is 10.1. The van der Waals surface area contributed by atoms with Gasteiger partial charge in [0.15, 0.2) is 0 Å². The van der Waals surface area contributed by atoms with Gasteiger partial charge < -0.3 is 0 Å². The zero-order chi connectivity index (χ0) is 9.10. The zero-order valence-electron chi connectivity index (χ0n) is 7.68. The van der Waals surface area contributed by atoms with Crippen molar-refractivity contribution in [3.63, 3.8) is 0 Å². The first kappa shape index (κ1) is 14.2. The van der Waals surface area contributed by atoms with Crippen molar-refractivity contribution in [2.45, 2.75) is 5.88 Å². The molecule has 0 amide bonds. The summed E-state index contributed by atoms with van der Waals surface area (Å²) in [5.74, 6) is 0.456. The molecular formula is C9H10Cl3N3. The number of hydrogen-bond acceptors (Lipinski definition) is 2. The number of rotatable bonds is 2. The Bertz CT molecular complexity index is 389. The fourth-order valence-corrected chi connectivity index (χ4v) is 1.24. The summed E-state index contributed by atoms with van der Waals surface area (Å²) < 4.78 is 0. The number of H-pyrrole nitrogens is 1. The molecule has 6 heteroatoms. The highest BCUT2D eigenvalue weighted by Crippen LogP contribution is 2.16. The van der Waals surface area contributed by atoms with Crippen LogP contribution in [-0.2, 0) is 5.88 Å². The van der Waals surface area contributed by atoms with Crippen molar-refractivity contribution in [1.82, 2.24) is 15.2 Å². The van der Waals surface area contributed by atoms with Crippen molar-refractivity contribution in [3.8, 4) is 11.3 Å². The van der Waals surface area contributed by atoms with Crippen LogP contribution in [-0.4, -0.2) is 15.2 Å². The number of hydrogen-bond donors (Lipinski definition) is 1. The Morgan fingerprint density at radius 2 is 1.87 bits per heavy atom. The minimum absolute atomic E-state index is 0. The molecule has 15 heavy (non-hydrogen) atoms. The summed E-state index contributed by atoms with van der Waals surface area (Å²) in [5, 5.41) is 6.97. The third-order valence-electron chi connectivity index (χ3n) is 1.75. The minimum Gasteiger partial charge on any atom is -0.281 e. The van der Waals surface area contributed by atoms with Crippen molar-refractivity contribution in [3.05, 3.63) is 36.3 Å². The average molecular weight is 267 g/mol. The lowest BCUT2D eigenvalue weighted by molar-refractivity contribution is 1.04. The van der Waals surface area contributed by atoms with Crippen LogP contribution >= 0.6 is 36.4 Å². The number of aromatic nitrogens is 3. The number of aromatic amines is 1. The summed E-state index contributed by atoms with van der Waals surface area (Å²) in [6.07, 6.45) is 3.48. The molecule has 0 aliphatic carbocycles. The molecule has 2 rings (SSSR count). The smallest absolute Gasteiger partial charge is 0.0925 e. The number of nitrogens with zero attached hydrogens (tertiary/aromatic N) is 2. The molecule has 0 atom stereocenters.